The highest BCUT2D eigenvalue weighted by Crippen LogP contribution is 2.17. The lowest BCUT2D eigenvalue weighted by Crippen LogP contribution is -1.93. The zero-order valence-corrected chi connectivity index (χ0v) is 9.85. The van der Waals surface area contributed by atoms with Crippen molar-refractivity contribution in [3.8, 4) is 0 Å². The fourth-order valence-electron chi connectivity index (χ4n) is 1.91. The minimum Gasteiger partial charge on any atom is -0.303 e. The molecule has 0 saturated heterocycles. The van der Waals surface area contributed by atoms with E-state index in [1.165, 1.54) is 4.88 Å². The van der Waals surface area contributed by atoms with E-state index in [0.717, 1.165) is 24.0 Å². The van der Waals surface area contributed by atoms with E-state index in [2.05, 4.69) is 11.1 Å². The van der Waals surface area contributed by atoms with E-state index in [1.54, 1.807) is 11.3 Å². The molecule has 0 amide bonds. The number of carbonyl (C=O) groups excluding carboxylic acids is 1. The first-order valence-corrected chi connectivity index (χ1v) is 6.20. The van der Waals surface area contributed by atoms with Crippen LogP contribution in [0.25, 0.3) is 5.52 Å². The molecule has 3 aromatic rings. The van der Waals surface area contributed by atoms with Gasteiger partial charge in [0.15, 0.2) is 6.29 Å². The van der Waals surface area contributed by atoms with Crippen molar-refractivity contribution in [2.75, 3.05) is 0 Å². The van der Waals surface area contributed by atoms with Crippen LogP contribution in [-0.2, 0) is 6.42 Å². The number of imidazole rings is 1. The van der Waals surface area contributed by atoms with Gasteiger partial charge in [0.25, 0.3) is 0 Å². The van der Waals surface area contributed by atoms with Crippen LogP contribution in [0, 0.1) is 0 Å². The lowest BCUT2D eigenvalue weighted by molar-refractivity contribution is 0.112. The highest BCUT2D eigenvalue weighted by atomic mass is 32.1. The molecule has 3 heterocycles. The van der Waals surface area contributed by atoms with E-state index in [1.807, 2.05) is 40.2 Å². The van der Waals surface area contributed by atoms with Gasteiger partial charge in [0.1, 0.15) is 11.5 Å². The second-order valence-electron chi connectivity index (χ2n) is 3.74. The molecule has 0 N–H and O–H groups in total. The monoisotopic (exact) mass is 242 g/mol. The molecule has 3 rings (SSSR count). The largest absolute Gasteiger partial charge is 0.303 e. The van der Waals surface area contributed by atoms with E-state index in [9.17, 15) is 4.79 Å². The summed E-state index contributed by atoms with van der Waals surface area (Å²) in [6, 6.07) is 9.88. The van der Waals surface area contributed by atoms with Crippen molar-refractivity contribution >= 4 is 23.1 Å². The first-order valence-electron chi connectivity index (χ1n) is 5.32. The SMILES string of the molecule is O=Cc1nc(Cc2cccs2)n2ccccc12. The average molecular weight is 242 g/mol. The second kappa shape index (κ2) is 4.14. The first kappa shape index (κ1) is 10.2. The van der Waals surface area contributed by atoms with Gasteiger partial charge in [0, 0.05) is 17.5 Å². The minimum atomic E-state index is 0.511. The van der Waals surface area contributed by atoms with Gasteiger partial charge in [-0.1, -0.05) is 12.1 Å². The van der Waals surface area contributed by atoms with E-state index in [-0.39, 0.29) is 0 Å². The van der Waals surface area contributed by atoms with Gasteiger partial charge in [-0.25, -0.2) is 4.98 Å². The van der Waals surface area contributed by atoms with Gasteiger partial charge >= 0.3 is 0 Å². The first-order chi connectivity index (χ1) is 8.38. The van der Waals surface area contributed by atoms with Crippen molar-refractivity contribution < 1.29 is 4.79 Å². The Morgan fingerprint density at radius 1 is 1.29 bits per heavy atom. The van der Waals surface area contributed by atoms with Crippen LogP contribution < -0.4 is 0 Å². The zero-order valence-electron chi connectivity index (χ0n) is 9.04. The topological polar surface area (TPSA) is 34.4 Å². The molecule has 0 bridgehead atoms. The van der Waals surface area contributed by atoms with Crippen LogP contribution in [0.2, 0.25) is 0 Å². The second-order valence-corrected chi connectivity index (χ2v) is 4.78. The van der Waals surface area contributed by atoms with Gasteiger partial charge in [-0.15, -0.1) is 11.3 Å². The molecule has 0 spiro atoms. The van der Waals surface area contributed by atoms with E-state index in [0.29, 0.717) is 5.69 Å². The molecule has 3 aromatic heterocycles. The van der Waals surface area contributed by atoms with Crippen molar-refractivity contribution in [3.63, 3.8) is 0 Å². The minimum absolute atomic E-state index is 0.511. The normalized spacial score (nSPS) is 10.8. The maximum Gasteiger partial charge on any atom is 0.170 e. The van der Waals surface area contributed by atoms with Crippen molar-refractivity contribution in [1.29, 1.82) is 0 Å². The summed E-state index contributed by atoms with van der Waals surface area (Å²) in [5, 5.41) is 2.05. The van der Waals surface area contributed by atoms with Crippen LogP contribution in [0.1, 0.15) is 21.2 Å². The maximum atomic E-state index is 11.0. The number of hydrogen-bond donors (Lipinski definition) is 0. The Morgan fingerprint density at radius 2 is 2.24 bits per heavy atom. The molecular weight excluding hydrogens is 232 g/mol. The van der Waals surface area contributed by atoms with Gasteiger partial charge in [-0.2, -0.15) is 0 Å². The molecule has 0 fully saturated rings. The van der Waals surface area contributed by atoms with Crippen LogP contribution in [0.4, 0.5) is 0 Å². The van der Waals surface area contributed by atoms with Gasteiger partial charge in [0.05, 0.1) is 5.52 Å². The number of aromatic nitrogens is 2. The number of carbonyl (C=O) groups is 1. The molecule has 0 aromatic carbocycles. The van der Waals surface area contributed by atoms with E-state index >= 15 is 0 Å². The Kier molecular flexibility index (Phi) is 2.49. The Bertz CT molecular complexity index is 655. The van der Waals surface area contributed by atoms with Crippen molar-refractivity contribution in [2.24, 2.45) is 0 Å². The number of hydrogen-bond acceptors (Lipinski definition) is 3. The Labute approximate surface area is 102 Å². The smallest absolute Gasteiger partial charge is 0.170 e. The van der Waals surface area contributed by atoms with Crippen LogP contribution in [0.15, 0.2) is 41.9 Å². The van der Waals surface area contributed by atoms with E-state index in [4.69, 9.17) is 0 Å². The number of rotatable bonds is 3. The molecular formula is C13H10N2OS. The van der Waals surface area contributed by atoms with Crippen LogP contribution >= 0.6 is 11.3 Å². The van der Waals surface area contributed by atoms with Crippen LogP contribution in [-0.4, -0.2) is 15.7 Å². The highest BCUT2D eigenvalue weighted by molar-refractivity contribution is 7.09. The molecule has 4 heteroatoms. The van der Waals surface area contributed by atoms with Gasteiger partial charge in [0.2, 0.25) is 0 Å². The summed E-state index contributed by atoms with van der Waals surface area (Å²) in [7, 11) is 0. The summed E-state index contributed by atoms with van der Waals surface area (Å²) in [6.45, 7) is 0. The molecule has 84 valence electrons. The van der Waals surface area contributed by atoms with Gasteiger partial charge in [-0.3, -0.25) is 4.79 Å². The summed E-state index contributed by atoms with van der Waals surface area (Å²) in [5.74, 6) is 0.908. The molecule has 0 aliphatic heterocycles. The predicted molar refractivity (Wildman–Crippen MR) is 67.7 cm³/mol. The number of nitrogens with zero attached hydrogens (tertiary/aromatic N) is 2. The Morgan fingerprint density at radius 3 is 3.00 bits per heavy atom. The highest BCUT2D eigenvalue weighted by Gasteiger charge is 2.10. The fraction of sp³-hybridized carbons (Fsp3) is 0.0769. The van der Waals surface area contributed by atoms with Gasteiger partial charge < -0.3 is 4.40 Å². The average Bonchev–Trinajstić information content (AvgIpc) is 2.98. The number of fused-ring (bicyclic) bond motifs is 1. The standard InChI is InChI=1S/C13H10N2OS/c16-9-11-12-5-1-2-6-15(12)13(14-11)8-10-4-3-7-17-10/h1-7,9H,8H2. The van der Waals surface area contributed by atoms with Crippen LogP contribution in [0.3, 0.4) is 0 Å². The lowest BCUT2D eigenvalue weighted by Gasteiger charge is -1.98. The molecule has 0 aliphatic rings. The predicted octanol–water partition coefficient (Wildman–Crippen LogP) is 2.80. The molecule has 17 heavy (non-hydrogen) atoms. The number of thiophene rings is 1. The zero-order chi connectivity index (χ0) is 11.7. The Balaban J connectivity index is 2.13. The number of aldehydes is 1. The third-order valence-corrected chi connectivity index (χ3v) is 3.55. The lowest BCUT2D eigenvalue weighted by atomic mass is 10.3. The fourth-order valence-corrected chi connectivity index (χ4v) is 2.61. The molecule has 3 nitrogen and oxygen atoms in total. The van der Waals surface area contributed by atoms with E-state index < -0.39 is 0 Å². The molecule has 0 unspecified atom stereocenters. The quantitative estimate of drug-likeness (QED) is 0.662. The molecule has 0 atom stereocenters. The molecule has 0 radical (unpaired) electrons. The molecule has 0 saturated carbocycles. The summed E-state index contributed by atoms with van der Waals surface area (Å²) in [4.78, 5) is 16.6. The van der Waals surface area contributed by atoms with Crippen LogP contribution in [0.5, 0.6) is 0 Å². The Hall–Kier alpha value is -1.94. The van der Waals surface area contributed by atoms with Gasteiger partial charge in [-0.05, 0) is 23.6 Å². The summed E-state index contributed by atoms with van der Waals surface area (Å²) in [5.41, 5.74) is 1.38. The third kappa shape index (κ3) is 1.76. The maximum absolute atomic E-state index is 11.0. The third-order valence-electron chi connectivity index (χ3n) is 2.67. The summed E-state index contributed by atoms with van der Waals surface area (Å²) >= 11 is 1.70. The van der Waals surface area contributed by atoms with Crippen molar-refractivity contribution in [3.05, 3.63) is 58.3 Å². The van der Waals surface area contributed by atoms with Crippen molar-refractivity contribution in [2.45, 2.75) is 6.42 Å². The summed E-state index contributed by atoms with van der Waals surface area (Å²) < 4.78 is 1.98. The number of pyridine rings is 1. The molecule has 0 aliphatic carbocycles. The van der Waals surface area contributed by atoms with Crippen molar-refractivity contribution in [1.82, 2.24) is 9.38 Å². The summed E-state index contributed by atoms with van der Waals surface area (Å²) in [6.07, 6.45) is 3.52.